The molecular formula is C23H28N3O6P. The fourth-order valence-electron chi connectivity index (χ4n) is 5.50. The number of nitrogens with one attached hydrogen (secondary N) is 1. The highest BCUT2D eigenvalue weighted by Gasteiger charge is 2.64. The normalized spacial score (nSPS) is 37.6. The second-order valence-corrected chi connectivity index (χ2v) is 10.7. The van der Waals surface area contributed by atoms with Crippen molar-refractivity contribution in [2.75, 3.05) is 13.2 Å². The minimum Gasteiger partial charge on any atom is -0.368 e. The van der Waals surface area contributed by atoms with Gasteiger partial charge in [0.05, 0.1) is 6.61 Å². The second-order valence-electron chi connectivity index (χ2n) is 9.25. The number of hydrogen-bond donors (Lipinski definition) is 1. The van der Waals surface area contributed by atoms with E-state index in [0.717, 1.165) is 19.4 Å². The Bertz CT molecular complexity index is 1150. The number of aryl methyl sites for hydroxylation is 1. The Balaban J connectivity index is 1.29. The lowest BCUT2D eigenvalue weighted by molar-refractivity contribution is -0.175. The molecule has 176 valence electrons. The van der Waals surface area contributed by atoms with Crippen LogP contribution in [0.5, 0.6) is 0 Å². The number of nitrogens with zero attached hydrogens (tertiary/aromatic N) is 2. The van der Waals surface area contributed by atoms with Gasteiger partial charge in [-0.15, -0.1) is 0 Å². The number of benzene rings is 1. The van der Waals surface area contributed by atoms with Gasteiger partial charge < -0.3 is 18.5 Å². The first kappa shape index (κ1) is 21.6. The lowest BCUT2D eigenvalue weighted by Crippen LogP contribution is -2.42. The molecule has 0 radical (unpaired) electrons. The number of ether oxygens (including phenoxy) is 2. The van der Waals surface area contributed by atoms with E-state index in [4.69, 9.17) is 18.5 Å². The van der Waals surface area contributed by atoms with E-state index in [-0.39, 0.29) is 12.2 Å². The Morgan fingerprint density at radius 1 is 1.27 bits per heavy atom. The van der Waals surface area contributed by atoms with Crippen molar-refractivity contribution in [2.24, 2.45) is 0 Å². The summed E-state index contributed by atoms with van der Waals surface area (Å²) in [5, 5.41) is 0. The fraction of sp³-hybridized carbons (Fsp3) is 0.565. The fourth-order valence-corrected chi connectivity index (χ4v) is 7.54. The van der Waals surface area contributed by atoms with Gasteiger partial charge in [0.15, 0.2) is 6.23 Å². The van der Waals surface area contributed by atoms with E-state index in [1.165, 1.54) is 16.3 Å². The molecule has 1 N–H and O–H groups in total. The third kappa shape index (κ3) is 3.37. The molecule has 7 atom stereocenters. The van der Waals surface area contributed by atoms with E-state index in [1.54, 1.807) is 6.92 Å². The average molecular weight is 473 g/mol. The van der Waals surface area contributed by atoms with Gasteiger partial charge in [-0.25, -0.2) is 9.46 Å². The van der Waals surface area contributed by atoms with Crippen LogP contribution >= 0.6 is 8.53 Å². The van der Waals surface area contributed by atoms with Crippen LogP contribution in [0.3, 0.4) is 0 Å². The molecule has 1 unspecified atom stereocenters. The van der Waals surface area contributed by atoms with Crippen LogP contribution in [0.2, 0.25) is 0 Å². The van der Waals surface area contributed by atoms with Crippen molar-refractivity contribution in [2.45, 2.75) is 69.3 Å². The Kier molecular flexibility index (Phi) is 5.32. The zero-order valence-electron chi connectivity index (χ0n) is 18.7. The minimum atomic E-state index is -1.29. The zero-order valence-corrected chi connectivity index (χ0v) is 19.6. The van der Waals surface area contributed by atoms with Gasteiger partial charge >= 0.3 is 5.69 Å². The quantitative estimate of drug-likeness (QED) is 0.668. The van der Waals surface area contributed by atoms with Crippen molar-refractivity contribution in [3.8, 4) is 0 Å². The molecule has 1 aromatic heterocycles. The summed E-state index contributed by atoms with van der Waals surface area (Å²) in [5.41, 5.74) is 0.0442. The first-order chi connectivity index (χ1) is 16.0. The SMILES string of the molecule is CC[C@@]12CO[C@@H](C1O[P@@]1O[C@H](c3ccccc3)[C@@H]3CCCN31)[C@H](n1cc(C)c(=O)[nH]c1=O)O2. The van der Waals surface area contributed by atoms with Crippen LogP contribution in [-0.2, 0) is 18.5 Å². The van der Waals surface area contributed by atoms with Crippen LogP contribution in [0.25, 0.3) is 0 Å². The molecular weight excluding hydrogens is 445 g/mol. The standard InChI is InChI=1S/C23H28N3O6P/c1-3-23-13-29-18(21(30-23)25-12-14(2)20(27)24-22(25)28)19(23)32-33-26-11-7-10-16(26)17(31-33)15-8-5-4-6-9-15/h4-6,8-9,12,16-19,21H,3,7,10-11,13H2,1-2H3,(H,24,27,28)/t16-,17+,18-,19?,21+,23+,33+/m0/s1. The number of fused-ring (bicyclic) bond motifs is 3. The maximum Gasteiger partial charge on any atom is 0.330 e. The first-order valence-corrected chi connectivity index (χ1v) is 12.7. The predicted molar refractivity (Wildman–Crippen MR) is 121 cm³/mol. The smallest absolute Gasteiger partial charge is 0.330 e. The van der Waals surface area contributed by atoms with Crippen LogP contribution in [0.15, 0.2) is 46.1 Å². The van der Waals surface area contributed by atoms with Crippen molar-refractivity contribution in [1.82, 2.24) is 14.2 Å². The van der Waals surface area contributed by atoms with Crippen LogP contribution in [0.1, 0.15) is 49.6 Å². The molecule has 0 spiro atoms. The van der Waals surface area contributed by atoms with Crippen LogP contribution in [-0.4, -0.2) is 51.2 Å². The van der Waals surface area contributed by atoms with E-state index in [9.17, 15) is 9.59 Å². The Morgan fingerprint density at radius 2 is 2.09 bits per heavy atom. The molecule has 2 aromatic rings. The number of rotatable bonds is 5. The Labute approximate surface area is 192 Å². The lowest BCUT2D eigenvalue weighted by Gasteiger charge is -2.31. The highest BCUT2D eigenvalue weighted by molar-refractivity contribution is 7.45. The van der Waals surface area contributed by atoms with Crippen LogP contribution in [0, 0.1) is 6.92 Å². The van der Waals surface area contributed by atoms with Gasteiger partial charge in [0.25, 0.3) is 14.1 Å². The molecule has 4 aliphatic rings. The number of aromatic nitrogens is 2. The summed E-state index contributed by atoms with van der Waals surface area (Å²) in [5.74, 6) is 0. The van der Waals surface area contributed by atoms with Gasteiger partial charge in [-0.05, 0) is 31.7 Å². The van der Waals surface area contributed by atoms with Gasteiger partial charge in [0.2, 0.25) is 0 Å². The molecule has 5 heterocycles. The number of hydrogen-bond acceptors (Lipinski definition) is 7. The van der Waals surface area contributed by atoms with E-state index in [2.05, 4.69) is 21.8 Å². The van der Waals surface area contributed by atoms with Gasteiger partial charge in [-0.1, -0.05) is 37.3 Å². The highest BCUT2D eigenvalue weighted by Crippen LogP contribution is 2.63. The maximum atomic E-state index is 12.6. The molecule has 1 aromatic carbocycles. The Morgan fingerprint density at radius 3 is 2.88 bits per heavy atom. The van der Waals surface area contributed by atoms with Gasteiger partial charge in [-0.3, -0.25) is 14.3 Å². The summed E-state index contributed by atoms with van der Waals surface area (Å²) in [6, 6.07) is 10.6. The summed E-state index contributed by atoms with van der Waals surface area (Å²) in [6.45, 7) is 5.06. The van der Waals surface area contributed by atoms with Crippen molar-refractivity contribution in [1.29, 1.82) is 0 Å². The largest absolute Gasteiger partial charge is 0.368 e. The van der Waals surface area contributed by atoms with Crippen molar-refractivity contribution >= 4 is 8.53 Å². The molecule has 10 heteroatoms. The van der Waals surface area contributed by atoms with Crippen molar-refractivity contribution in [3.63, 3.8) is 0 Å². The van der Waals surface area contributed by atoms with Gasteiger partial charge in [0.1, 0.15) is 23.9 Å². The van der Waals surface area contributed by atoms with Crippen molar-refractivity contribution < 1.29 is 18.5 Å². The topological polar surface area (TPSA) is 95.0 Å². The molecule has 0 amide bonds. The van der Waals surface area contributed by atoms with Gasteiger partial charge in [-0.2, -0.15) is 0 Å². The minimum absolute atomic E-state index is 0.0152. The average Bonchev–Trinajstić information content (AvgIpc) is 3.58. The van der Waals surface area contributed by atoms with Crippen LogP contribution in [0.4, 0.5) is 0 Å². The summed E-state index contributed by atoms with van der Waals surface area (Å²) in [4.78, 5) is 26.8. The predicted octanol–water partition coefficient (Wildman–Crippen LogP) is 2.77. The molecule has 9 nitrogen and oxygen atoms in total. The number of aromatic amines is 1. The third-order valence-corrected chi connectivity index (χ3v) is 9.09. The summed E-state index contributed by atoms with van der Waals surface area (Å²) < 4.78 is 29.6. The third-order valence-electron chi connectivity index (χ3n) is 7.36. The van der Waals surface area contributed by atoms with Crippen molar-refractivity contribution in [3.05, 3.63) is 68.5 Å². The summed E-state index contributed by atoms with van der Waals surface area (Å²) >= 11 is 0. The zero-order chi connectivity index (χ0) is 22.7. The van der Waals surface area contributed by atoms with Crippen LogP contribution < -0.4 is 11.2 Å². The maximum absolute atomic E-state index is 12.6. The monoisotopic (exact) mass is 473 g/mol. The first-order valence-electron chi connectivity index (χ1n) is 11.6. The molecule has 0 saturated carbocycles. The highest BCUT2D eigenvalue weighted by atomic mass is 31.2. The molecule has 33 heavy (non-hydrogen) atoms. The molecule has 4 aliphatic heterocycles. The molecule has 6 rings (SSSR count). The van der Waals surface area contributed by atoms with Gasteiger partial charge in [0, 0.05) is 24.3 Å². The number of H-pyrrole nitrogens is 1. The molecule has 0 aliphatic carbocycles. The molecule has 4 saturated heterocycles. The second kappa shape index (κ2) is 8.12. The van der Waals surface area contributed by atoms with E-state index in [1.807, 2.05) is 25.1 Å². The molecule has 2 bridgehead atoms. The molecule has 4 fully saturated rings. The van der Waals surface area contributed by atoms with E-state index in [0.29, 0.717) is 24.6 Å². The van der Waals surface area contributed by atoms with E-state index < -0.39 is 37.7 Å². The lowest BCUT2D eigenvalue weighted by atomic mass is 9.96. The Hall–Kier alpha value is -1.87. The summed E-state index contributed by atoms with van der Waals surface area (Å²) in [7, 11) is -1.29. The van der Waals surface area contributed by atoms with E-state index >= 15 is 0 Å². The summed E-state index contributed by atoms with van der Waals surface area (Å²) in [6.07, 6.45) is 2.91.